The first-order valence-electron chi connectivity index (χ1n) is 11.8. The summed E-state index contributed by atoms with van der Waals surface area (Å²) in [5, 5.41) is 10.3. The minimum absolute atomic E-state index is 0.0594. The van der Waals surface area contributed by atoms with Gasteiger partial charge in [0.15, 0.2) is 0 Å². The fraction of sp³-hybridized carbons (Fsp3) is 0.542. The number of aromatic nitrogens is 2. The maximum atomic E-state index is 13.5. The number of nitrogens with two attached hydrogens (primary N) is 1. The van der Waals surface area contributed by atoms with Crippen molar-refractivity contribution >= 4 is 34.9 Å². The number of nitrogen functional groups attached to an aromatic ring is 1. The summed E-state index contributed by atoms with van der Waals surface area (Å²) in [5.74, 6) is 0.749. The molecule has 0 radical (unpaired) electrons. The number of anilines is 2. The summed E-state index contributed by atoms with van der Waals surface area (Å²) < 4.78 is 15.0. The molecule has 2 aliphatic carbocycles. The average Bonchev–Trinajstić information content (AvgIpc) is 3.45. The average molecular weight is 489 g/mol. The molecule has 1 aromatic heterocycles. The van der Waals surface area contributed by atoms with Gasteiger partial charge in [0.25, 0.3) is 5.91 Å². The molecular formula is C24H30ClFN6O2. The van der Waals surface area contributed by atoms with Crippen LogP contribution >= 0.6 is 11.6 Å². The third-order valence-electron chi connectivity index (χ3n) is 7.92. The normalized spacial score (nSPS) is 29.2. The van der Waals surface area contributed by atoms with Crippen LogP contribution in [0.25, 0.3) is 0 Å². The Kier molecular flexibility index (Phi) is 6.02. The Morgan fingerprint density at radius 3 is 2.65 bits per heavy atom. The van der Waals surface area contributed by atoms with Crippen LogP contribution in [-0.4, -0.2) is 51.7 Å². The van der Waals surface area contributed by atoms with Crippen molar-refractivity contribution in [3.05, 3.63) is 40.3 Å². The Hall–Kier alpha value is -2.65. The minimum atomic E-state index is -0.545. The minimum Gasteiger partial charge on any atom is -0.383 e. The van der Waals surface area contributed by atoms with Gasteiger partial charge in [-0.3, -0.25) is 19.2 Å². The van der Waals surface area contributed by atoms with Gasteiger partial charge in [-0.05, 0) is 62.6 Å². The van der Waals surface area contributed by atoms with E-state index in [1.807, 2.05) is 6.92 Å². The van der Waals surface area contributed by atoms with Gasteiger partial charge in [0, 0.05) is 37.8 Å². The molecule has 0 spiro atoms. The van der Waals surface area contributed by atoms with Crippen molar-refractivity contribution in [2.75, 3.05) is 24.1 Å². The lowest BCUT2D eigenvalue weighted by molar-refractivity contribution is -0.129. The van der Waals surface area contributed by atoms with Crippen molar-refractivity contribution in [2.45, 2.75) is 50.6 Å². The van der Waals surface area contributed by atoms with Crippen LogP contribution in [0, 0.1) is 17.7 Å². The predicted octanol–water partition coefficient (Wildman–Crippen LogP) is 3.14. The van der Waals surface area contributed by atoms with Crippen molar-refractivity contribution in [3.63, 3.8) is 0 Å². The zero-order valence-electron chi connectivity index (χ0n) is 19.4. The van der Waals surface area contributed by atoms with E-state index in [1.165, 1.54) is 18.2 Å². The molecule has 5 rings (SSSR count). The number of fused-ring (bicyclic) bond motifs is 1. The molecule has 2 amide bonds. The Morgan fingerprint density at radius 2 is 1.97 bits per heavy atom. The van der Waals surface area contributed by atoms with E-state index >= 15 is 0 Å². The molecule has 4 N–H and O–H groups in total. The maximum Gasteiger partial charge on any atom is 0.261 e. The van der Waals surface area contributed by atoms with Crippen LogP contribution in [0.5, 0.6) is 0 Å². The molecule has 182 valence electrons. The van der Waals surface area contributed by atoms with Crippen molar-refractivity contribution in [1.82, 2.24) is 20.0 Å². The van der Waals surface area contributed by atoms with E-state index < -0.39 is 5.82 Å². The second kappa shape index (κ2) is 8.85. The molecule has 10 heteroatoms. The van der Waals surface area contributed by atoms with Crippen molar-refractivity contribution in [2.24, 2.45) is 18.9 Å². The number of carbonyl (C=O) groups excluding carboxylic acids is 2. The van der Waals surface area contributed by atoms with Crippen LogP contribution in [0.2, 0.25) is 5.02 Å². The number of aryl methyl sites for hydroxylation is 1. The summed E-state index contributed by atoms with van der Waals surface area (Å²) in [5.41, 5.74) is 7.76. The summed E-state index contributed by atoms with van der Waals surface area (Å²) in [7, 11) is 1.74. The van der Waals surface area contributed by atoms with Gasteiger partial charge in [0.1, 0.15) is 17.2 Å². The van der Waals surface area contributed by atoms with Crippen LogP contribution in [0.15, 0.2) is 18.2 Å². The molecule has 34 heavy (non-hydrogen) atoms. The molecule has 3 atom stereocenters. The maximum absolute atomic E-state index is 13.5. The molecule has 2 saturated carbocycles. The largest absolute Gasteiger partial charge is 0.383 e. The van der Waals surface area contributed by atoms with Gasteiger partial charge in [0.2, 0.25) is 5.91 Å². The molecule has 3 aliphatic rings. The lowest BCUT2D eigenvalue weighted by Crippen LogP contribution is -2.56. The second-order valence-electron chi connectivity index (χ2n) is 9.87. The third kappa shape index (κ3) is 4.05. The molecule has 1 saturated heterocycles. The van der Waals surface area contributed by atoms with Gasteiger partial charge in [0.05, 0.1) is 16.8 Å². The number of amides is 2. The number of halogens is 2. The molecule has 3 unspecified atom stereocenters. The zero-order valence-corrected chi connectivity index (χ0v) is 20.1. The van der Waals surface area contributed by atoms with Crippen LogP contribution < -0.4 is 16.4 Å². The first-order valence-corrected chi connectivity index (χ1v) is 12.2. The Labute approximate surface area is 203 Å². The van der Waals surface area contributed by atoms with E-state index in [0.717, 1.165) is 37.9 Å². The lowest BCUT2D eigenvalue weighted by Gasteiger charge is -2.37. The number of benzene rings is 1. The van der Waals surface area contributed by atoms with E-state index in [4.69, 9.17) is 17.3 Å². The number of piperazine rings is 1. The summed E-state index contributed by atoms with van der Waals surface area (Å²) in [6, 6.07) is 4.40. The van der Waals surface area contributed by atoms with Gasteiger partial charge >= 0.3 is 0 Å². The fourth-order valence-corrected chi connectivity index (χ4v) is 6.40. The highest BCUT2D eigenvalue weighted by Gasteiger charge is 2.47. The molecule has 1 aliphatic heterocycles. The van der Waals surface area contributed by atoms with Gasteiger partial charge < -0.3 is 16.4 Å². The number of carbonyl (C=O) groups is 2. The summed E-state index contributed by atoms with van der Waals surface area (Å²) in [6.45, 7) is 3.60. The standard InChI is InChI=1S/C24H30ClFN6O2/c1-12-23(33)28-5-6-32(12)17-9-13-7-15(8-14(13)10-17)21-20(22(27)31(2)30-21)24(34)29-16-3-4-19(26)18(25)11-16/h3-4,11-15,17H,5-10,27H2,1-2H3,(H,28,33)(H,29,34). The fourth-order valence-electron chi connectivity index (χ4n) is 6.22. The molecule has 1 aromatic carbocycles. The monoisotopic (exact) mass is 488 g/mol. The van der Waals surface area contributed by atoms with Crippen LogP contribution in [0.3, 0.4) is 0 Å². The van der Waals surface area contributed by atoms with Gasteiger partial charge in [-0.15, -0.1) is 0 Å². The molecule has 2 heterocycles. The Balaban J connectivity index is 1.30. The van der Waals surface area contributed by atoms with Crippen molar-refractivity contribution < 1.29 is 14.0 Å². The molecule has 8 nitrogen and oxygen atoms in total. The van der Waals surface area contributed by atoms with Crippen LogP contribution in [-0.2, 0) is 11.8 Å². The summed E-state index contributed by atoms with van der Waals surface area (Å²) >= 11 is 5.86. The van der Waals surface area contributed by atoms with E-state index in [1.54, 1.807) is 11.7 Å². The van der Waals surface area contributed by atoms with Gasteiger partial charge in [-0.1, -0.05) is 11.6 Å². The van der Waals surface area contributed by atoms with Crippen molar-refractivity contribution in [3.8, 4) is 0 Å². The molecule has 3 fully saturated rings. The quantitative estimate of drug-likeness (QED) is 0.613. The number of rotatable bonds is 4. The Bertz CT molecular complexity index is 1120. The van der Waals surface area contributed by atoms with E-state index in [2.05, 4.69) is 20.6 Å². The van der Waals surface area contributed by atoms with E-state index in [9.17, 15) is 14.0 Å². The number of nitrogens with one attached hydrogen (secondary N) is 2. The smallest absolute Gasteiger partial charge is 0.261 e. The number of hydrogen-bond acceptors (Lipinski definition) is 5. The van der Waals surface area contributed by atoms with Gasteiger partial charge in [-0.25, -0.2) is 4.39 Å². The first kappa shape index (κ1) is 23.1. The lowest BCUT2D eigenvalue weighted by atomic mass is 9.94. The van der Waals surface area contributed by atoms with E-state index in [-0.39, 0.29) is 28.8 Å². The summed E-state index contributed by atoms with van der Waals surface area (Å²) in [4.78, 5) is 27.6. The first-order chi connectivity index (χ1) is 16.2. The van der Waals surface area contributed by atoms with Crippen molar-refractivity contribution in [1.29, 1.82) is 0 Å². The van der Waals surface area contributed by atoms with Crippen LogP contribution in [0.1, 0.15) is 54.6 Å². The highest BCUT2D eigenvalue weighted by Crippen LogP contribution is 2.52. The Morgan fingerprint density at radius 1 is 1.26 bits per heavy atom. The SMILES string of the molecule is CC1C(=O)NCCN1C1CC2CC(c3nn(C)c(N)c3C(=O)Nc3ccc(F)c(Cl)c3)CC2C1. The van der Waals surface area contributed by atoms with Crippen LogP contribution in [0.4, 0.5) is 15.9 Å². The topological polar surface area (TPSA) is 105 Å². The molecule has 2 aromatic rings. The van der Waals surface area contributed by atoms with Gasteiger partial charge in [-0.2, -0.15) is 5.10 Å². The highest BCUT2D eigenvalue weighted by atomic mass is 35.5. The van der Waals surface area contributed by atoms with E-state index in [0.29, 0.717) is 41.5 Å². The number of hydrogen-bond donors (Lipinski definition) is 3. The summed E-state index contributed by atoms with van der Waals surface area (Å²) in [6.07, 6.45) is 4.04. The highest BCUT2D eigenvalue weighted by molar-refractivity contribution is 6.31. The number of nitrogens with zero attached hydrogens (tertiary/aromatic N) is 3. The second-order valence-corrected chi connectivity index (χ2v) is 10.3. The molecule has 0 bridgehead atoms. The predicted molar refractivity (Wildman–Crippen MR) is 128 cm³/mol. The molecular weight excluding hydrogens is 459 g/mol. The zero-order chi connectivity index (χ0) is 24.1. The third-order valence-corrected chi connectivity index (χ3v) is 8.21.